The lowest BCUT2D eigenvalue weighted by Crippen LogP contribution is -1.87. The summed E-state index contributed by atoms with van der Waals surface area (Å²) in [6.45, 7) is 6.89. The van der Waals surface area contributed by atoms with E-state index in [-0.39, 0.29) is 0 Å². The molecule has 0 amide bonds. The molecule has 3 unspecified atom stereocenters. The predicted molar refractivity (Wildman–Crippen MR) is 55.2 cm³/mol. The maximum Gasteiger partial charge on any atom is -0.0232 e. The first-order chi connectivity index (χ1) is 4.16. The molecule has 0 aromatic rings. The van der Waals surface area contributed by atoms with Crippen molar-refractivity contribution < 1.29 is 0 Å². The average molecular weight is 182 g/mol. The van der Waals surface area contributed by atoms with Crippen LogP contribution in [0.25, 0.3) is 0 Å². The molecule has 0 aliphatic rings. The largest absolute Gasteiger partial charge is 0.107 e. The third-order valence-corrected chi connectivity index (χ3v) is 7.76. The molecule has 0 aromatic heterocycles. The van der Waals surface area contributed by atoms with Crippen molar-refractivity contribution in [3.05, 3.63) is 0 Å². The number of rotatable bonds is 4. The van der Waals surface area contributed by atoms with Gasteiger partial charge in [0.1, 0.15) is 0 Å². The second-order valence-electron chi connectivity index (χ2n) is 2.56. The van der Waals surface area contributed by atoms with Crippen molar-refractivity contribution >= 4 is 24.5 Å². The Bertz CT molecular complexity index is 63.3. The van der Waals surface area contributed by atoms with Gasteiger partial charge < -0.3 is 0 Å². The van der Waals surface area contributed by atoms with E-state index in [4.69, 9.17) is 0 Å². The van der Waals surface area contributed by atoms with E-state index in [1.165, 1.54) is 20.6 Å². The standard InChI is InChI=1S/C6H17P3/c1-4-8-9(7)5-6(2)3/h6,8H,4-5,7H2,1-3H3. The zero-order chi connectivity index (χ0) is 7.28. The van der Waals surface area contributed by atoms with E-state index in [0.717, 1.165) is 5.92 Å². The van der Waals surface area contributed by atoms with Gasteiger partial charge in [-0.15, -0.1) is 8.93 Å². The lowest BCUT2D eigenvalue weighted by atomic mass is 10.3. The molecule has 9 heavy (non-hydrogen) atoms. The van der Waals surface area contributed by atoms with Crippen LogP contribution in [-0.2, 0) is 0 Å². The van der Waals surface area contributed by atoms with Crippen LogP contribution in [0.5, 0.6) is 0 Å². The first-order valence-corrected chi connectivity index (χ1v) is 8.62. The van der Waals surface area contributed by atoms with E-state index in [1.54, 1.807) is 0 Å². The Morgan fingerprint density at radius 3 is 2.44 bits per heavy atom. The highest BCUT2D eigenvalue weighted by atomic mass is 32.4. The molecular weight excluding hydrogens is 165 g/mol. The Hall–Kier alpha value is 1.29. The smallest absolute Gasteiger partial charge is 0.0232 e. The molecule has 0 rings (SSSR count). The minimum Gasteiger partial charge on any atom is -0.107 e. The summed E-state index contributed by atoms with van der Waals surface area (Å²) < 4.78 is 0. The molecule has 0 radical (unpaired) electrons. The Kier molecular flexibility index (Phi) is 6.89. The summed E-state index contributed by atoms with van der Waals surface area (Å²) in [5, 5.41) is 0. The van der Waals surface area contributed by atoms with Crippen molar-refractivity contribution in [2.75, 3.05) is 12.3 Å². The third kappa shape index (κ3) is 7.18. The maximum absolute atomic E-state index is 3.00. The normalized spacial score (nSPS) is 15.7. The van der Waals surface area contributed by atoms with Crippen LogP contribution in [0.1, 0.15) is 20.8 Å². The zero-order valence-corrected chi connectivity index (χ0v) is 9.57. The molecule has 0 heterocycles. The molecule has 0 aliphatic carbocycles. The van der Waals surface area contributed by atoms with E-state index in [0.29, 0.717) is 7.30 Å². The summed E-state index contributed by atoms with van der Waals surface area (Å²) in [6, 6.07) is 0. The second kappa shape index (κ2) is 6.03. The monoisotopic (exact) mass is 182 g/mol. The van der Waals surface area contributed by atoms with Crippen LogP contribution in [-0.4, -0.2) is 12.3 Å². The van der Waals surface area contributed by atoms with Gasteiger partial charge in [0, 0.05) is 0 Å². The van der Waals surface area contributed by atoms with E-state index in [9.17, 15) is 0 Å². The van der Waals surface area contributed by atoms with Crippen molar-refractivity contribution in [3.63, 3.8) is 0 Å². The van der Waals surface area contributed by atoms with Gasteiger partial charge in [-0.1, -0.05) is 36.3 Å². The highest BCUT2D eigenvalue weighted by molar-refractivity contribution is 8.47. The number of hydrogen-bond acceptors (Lipinski definition) is 0. The molecule has 0 aromatic carbocycles. The van der Waals surface area contributed by atoms with Gasteiger partial charge in [0.05, 0.1) is 0 Å². The fraction of sp³-hybridized carbons (Fsp3) is 1.00. The fourth-order valence-corrected chi connectivity index (χ4v) is 7.59. The maximum atomic E-state index is 3.00. The summed E-state index contributed by atoms with van der Waals surface area (Å²) in [4.78, 5) is 0. The summed E-state index contributed by atoms with van der Waals surface area (Å²) in [5.41, 5.74) is 0. The van der Waals surface area contributed by atoms with Crippen LogP contribution < -0.4 is 0 Å². The lowest BCUT2D eigenvalue weighted by molar-refractivity contribution is 0.749. The third-order valence-electron chi connectivity index (χ3n) is 0.923. The Balaban J connectivity index is 3.15. The predicted octanol–water partition coefficient (Wildman–Crippen LogP) is 3.53. The second-order valence-corrected chi connectivity index (χ2v) is 11.0. The average Bonchev–Trinajstić information content (AvgIpc) is 1.63. The Morgan fingerprint density at radius 1 is 1.56 bits per heavy atom. The van der Waals surface area contributed by atoms with Gasteiger partial charge >= 0.3 is 0 Å². The van der Waals surface area contributed by atoms with Crippen molar-refractivity contribution in [2.24, 2.45) is 5.92 Å². The molecule has 0 saturated heterocycles. The van der Waals surface area contributed by atoms with Crippen LogP contribution in [0.15, 0.2) is 0 Å². The highest BCUT2D eigenvalue weighted by Gasteiger charge is 2.01. The van der Waals surface area contributed by atoms with Gasteiger partial charge in [-0.2, -0.15) is 0 Å². The Morgan fingerprint density at radius 2 is 2.11 bits per heavy atom. The molecule has 3 atom stereocenters. The van der Waals surface area contributed by atoms with Crippen LogP contribution in [0.4, 0.5) is 0 Å². The first-order valence-electron chi connectivity index (χ1n) is 3.42. The zero-order valence-electron chi connectivity index (χ0n) is 6.52. The van der Waals surface area contributed by atoms with Gasteiger partial charge in [-0.25, -0.2) is 0 Å². The van der Waals surface area contributed by atoms with Crippen LogP contribution in [0.2, 0.25) is 0 Å². The van der Waals surface area contributed by atoms with Crippen LogP contribution in [0, 0.1) is 5.92 Å². The molecule has 3 heteroatoms. The van der Waals surface area contributed by atoms with E-state index in [2.05, 4.69) is 29.7 Å². The van der Waals surface area contributed by atoms with Crippen molar-refractivity contribution in [3.8, 4) is 0 Å². The molecule has 0 N–H and O–H groups in total. The van der Waals surface area contributed by atoms with Crippen molar-refractivity contribution in [2.45, 2.75) is 20.8 Å². The summed E-state index contributed by atoms with van der Waals surface area (Å²) in [7, 11) is 4.53. The minimum absolute atomic E-state index is 0.324. The lowest BCUT2D eigenvalue weighted by Gasteiger charge is -2.12. The number of hydrogen-bond donors (Lipinski definition) is 0. The van der Waals surface area contributed by atoms with E-state index in [1.807, 2.05) is 0 Å². The van der Waals surface area contributed by atoms with Crippen LogP contribution >= 0.6 is 24.5 Å². The van der Waals surface area contributed by atoms with Crippen LogP contribution in [0.3, 0.4) is 0 Å². The fourth-order valence-electron chi connectivity index (χ4n) is 0.661. The topological polar surface area (TPSA) is 0 Å². The van der Waals surface area contributed by atoms with Crippen molar-refractivity contribution in [1.29, 1.82) is 0 Å². The van der Waals surface area contributed by atoms with Gasteiger partial charge in [0.15, 0.2) is 0 Å². The van der Waals surface area contributed by atoms with Gasteiger partial charge in [-0.3, -0.25) is 0 Å². The molecule has 0 fully saturated rings. The molecule has 0 bridgehead atoms. The molecule has 0 aliphatic heterocycles. The van der Waals surface area contributed by atoms with Gasteiger partial charge in [0.25, 0.3) is 0 Å². The molecule has 0 nitrogen and oxygen atoms in total. The highest BCUT2D eigenvalue weighted by Crippen LogP contribution is 2.62. The molecule has 0 saturated carbocycles. The summed E-state index contributed by atoms with van der Waals surface area (Å²) in [5.74, 6) is 0.896. The SMILES string of the molecule is CCPP(P)CC(C)C. The van der Waals surface area contributed by atoms with E-state index >= 15 is 0 Å². The van der Waals surface area contributed by atoms with Gasteiger partial charge in [0.2, 0.25) is 0 Å². The summed E-state index contributed by atoms with van der Waals surface area (Å²) >= 11 is 0. The van der Waals surface area contributed by atoms with Crippen molar-refractivity contribution in [1.82, 2.24) is 0 Å². The quantitative estimate of drug-likeness (QED) is 0.583. The minimum atomic E-state index is 0.324. The Labute approximate surface area is 64.1 Å². The van der Waals surface area contributed by atoms with E-state index < -0.39 is 0 Å². The molecular formula is C6H17P3. The molecule has 0 spiro atoms. The molecule has 56 valence electrons. The van der Waals surface area contributed by atoms with Gasteiger partial charge in [-0.05, 0) is 18.2 Å². The summed E-state index contributed by atoms with van der Waals surface area (Å²) in [6.07, 6.45) is 2.81. The first kappa shape index (κ1) is 10.3.